The average Bonchev–Trinajstić information content (AvgIpc) is 2.53. The zero-order valence-electron chi connectivity index (χ0n) is 13.5. The first-order valence-electron chi connectivity index (χ1n) is 8.56. The fraction of sp³-hybridized carbons (Fsp3) is 0.632. The predicted octanol–water partition coefficient (Wildman–Crippen LogP) is 5.76. The molecule has 0 unspecified atom stereocenters. The van der Waals surface area contributed by atoms with Crippen LogP contribution in [-0.2, 0) is 4.74 Å². The van der Waals surface area contributed by atoms with Crippen molar-refractivity contribution in [3.05, 3.63) is 35.9 Å². The van der Waals surface area contributed by atoms with Gasteiger partial charge in [-0.3, -0.25) is 0 Å². The molecule has 0 saturated carbocycles. The van der Waals surface area contributed by atoms with E-state index in [9.17, 15) is 4.79 Å². The Morgan fingerprint density at radius 1 is 0.810 bits per heavy atom. The number of rotatable bonds is 12. The summed E-state index contributed by atoms with van der Waals surface area (Å²) in [7, 11) is 0. The van der Waals surface area contributed by atoms with Crippen LogP contribution < -0.4 is 0 Å². The number of carbonyl (C=O) groups excluding carboxylic acids is 1. The van der Waals surface area contributed by atoms with Crippen molar-refractivity contribution >= 4 is 5.97 Å². The van der Waals surface area contributed by atoms with Gasteiger partial charge in [-0.15, -0.1) is 0 Å². The Morgan fingerprint density at radius 3 is 1.90 bits per heavy atom. The van der Waals surface area contributed by atoms with Gasteiger partial charge in [-0.2, -0.15) is 0 Å². The summed E-state index contributed by atoms with van der Waals surface area (Å²) < 4.78 is 5.26. The smallest absolute Gasteiger partial charge is 0.338 e. The van der Waals surface area contributed by atoms with Gasteiger partial charge >= 0.3 is 5.97 Å². The molecule has 1 aromatic rings. The van der Waals surface area contributed by atoms with Gasteiger partial charge in [0.05, 0.1) is 12.2 Å². The molecule has 1 aromatic carbocycles. The van der Waals surface area contributed by atoms with Crippen LogP contribution in [0.15, 0.2) is 30.3 Å². The zero-order valence-corrected chi connectivity index (χ0v) is 13.5. The molecule has 0 atom stereocenters. The van der Waals surface area contributed by atoms with Crippen LogP contribution in [0.2, 0.25) is 0 Å². The standard InChI is InChI=1S/C19H30O2/c1-2-3-4-5-6-7-8-9-10-14-17-21-19(20)18-15-12-11-13-16-18/h11-13,15-16H,2-10,14,17H2,1H3. The lowest BCUT2D eigenvalue weighted by Gasteiger charge is -2.05. The third-order valence-corrected chi connectivity index (χ3v) is 3.74. The zero-order chi connectivity index (χ0) is 15.2. The van der Waals surface area contributed by atoms with Crippen LogP contribution in [0.5, 0.6) is 0 Å². The van der Waals surface area contributed by atoms with E-state index in [1.165, 1.54) is 51.4 Å². The van der Waals surface area contributed by atoms with Gasteiger partial charge in [-0.1, -0.05) is 82.9 Å². The van der Waals surface area contributed by atoms with Crippen molar-refractivity contribution in [1.29, 1.82) is 0 Å². The molecule has 0 aliphatic heterocycles. The number of hydrogen-bond acceptors (Lipinski definition) is 2. The Hall–Kier alpha value is -1.31. The first kappa shape index (κ1) is 17.7. The molecule has 0 amide bonds. The molecule has 0 spiro atoms. The highest BCUT2D eigenvalue weighted by molar-refractivity contribution is 5.89. The van der Waals surface area contributed by atoms with Gasteiger partial charge in [-0.25, -0.2) is 4.79 Å². The Morgan fingerprint density at radius 2 is 1.33 bits per heavy atom. The van der Waals surface area contributed by atoms with Gasteiger partial charge in [0, 0.05) is 0 Å². The largest absolute Gasteiger partial charge is 0.462 e. The highest BCUT2D eigenvalue weighted by Crippen LogP contribution is 2.10. The summed E-state index contributed by atoms with van der Waals surface area (Å²) >= 11 is 0. The molecule has 118 valence electrons. The van der Waals surface area contributed by atoms with E-state index in [0.717, 1.165) is 12.8 Å². The third kappa shape index (κ3) is 9.28. The normalized spacial score (nSPS) is 10.5. The van der Waals surface area contributed by atoms with Crippen molar-refractivity contribution in [2.75, 3.05) is 6.61 Å². The first-order chi connectivity index (χ1) is 10.3. The van der Waals surface area contributed by atoms with Gasteiger partial charge in [0.25, 0.3) is 0 Å². The monoisotopic (exact) mass is 290 g/mol. The van der Waals surface area contributed by atoms with E-state index in [4.69, 9.17) is 4.74 Å². The van der Waals surface area contributed by atoms with Crippen molar-refractivity contribution in [3.8, 4) is 0 Å². The molecule has 0 aromatic heterocycles. The van der Waals surface area contributed by atoms with Gasteiger partial charge in [0.2, 0.25) is 0 Å². The van der Waals surface area contributed by atoms with Crippen LogP contribution in [0.1, 0.15) is 81.5 Å². The number of esters is 1. The molecule has 0 radical (unpaired) electrons. The minimum atomic E-state index is -0.202. The molecule has 0 N–H and O–H groups in total. The second kappa shape index (κ2) is 12.4. The maximum atomic E-state index is 11.7. The lowest BCUT2D eigenvalue weighted by atomic mass is 10.1. The highest BCUT2D eigenvalue weighted by Gasteiger charge is 2.04. The van der Waals surface area contributed by atoms with Crippen LogP contribution in [0.3, 0.4) is 0 Å². The molecule has 2 heteroatoms. The third-order valence-electron chi connectivity index (χ3n) is 3.74. The number of benzene rings is 1. The van der Waals surface area contributed by atoms with Gasteiger partial charge < -0.3 is 4.74 Å². The topological polar surface area (TPSA) is 26.3 Å². The Labute approximate surface area is 129 Å². The molecule has 1 rings (SSSR count). The van der Waals surface area contributed by atoms with E-state index in [2.05, 4.69) is 6.92 Å². The highest BCUT2D eigenvalue weighted by atomic mass is 16.5. The van der Waals surface area contributed by atoms with Crippen molar-refractivity contribution in [2.45, 2.75) is 71.1 Å². The minimum Gasteiger partial charge on any atom is -0.462 e. The molecule has 0 aliphatic carbocycles. The van der Waals surface area contributed by atoms with Crippen molar-refractivity contribution in [2.24, 2.45) is 0 Å². The lowest BCUT2D eigenvalue weighted by Crippen LogP contribution is -2.06. The quantitative estimate of drug-likeness (QED) is 0.361. The maximum absolute atomic E-state index is 11.7. The summed E-state index contributed by atoms with van der Waals surface area (Å²) in [5, 5.41) is 0. The number of hydrogen-bond donors (Lipinski definition) is 0. The van der Waals surface area contributed by atoms with E-state index < -0.39 is 0 Å². The minimum absolute atomic E-state index is 0.202. The SMILES string of the molecule is CCCCCCCCCCCCOC(=O)c1ccccc1. The molecule has 0 fully saturated rings. The van der Waals surface area contributed by atoms with Crippen LogP contribution >= 0.6 is 0 Å². The van der Waals surface area contributed by atoms with E-state index >= 15 is 0 Å². The van der Waals surface area contributed by atoms with Crippen molar-refractivity contribution in [3.63, 3.8) is 0 Å². The van der Waals surface area contributed by atoms with E-state index in [-0.39, 0.29) is 5.97 Å². The fourth-order valence-electron chi connectivity index (χ4n) is 2.41. The summed E-state index contributed by atoms with van der Waals surface area (Å²) in [6.07, 6.45) is 12.9. The predicted molar refractivity (Wildman–Crippen MR) is 88.6 cm³/mol. The van der Waals surface area contributed by atoms with E-state index in [1.807, 2.05) is 18.2 Å². The van der Waals surface area contributed by atoms with Gasteiger partial charge in [0.1, 0.15) is 0 Å². The first-order valence-corrected chi connectivity index (χ1v) is 8.56. The summed E-state index contributed by atoms with van der Waals surface area (Å²) in [6.45, 7) is 2.80. The van der Waals surface area contributed by atoms with Crippen molar-refractivity contribution in [1.82, 2.24) is 0 Å². The maximum Gasteiger partial charge on any atom is 0.338 e. The average molecular weight is 290 g/mol. The molecule has 0 heterocycles. The molecular weight excluding hydrogens is 260 g/mol. The fourth-order valence-corrected chi connectivity index (χ4v) is 2.41. The molecule has 0 aliphatic rings. The lowest BCUT2D eigenvalue weighted by molar-refractivity contribution is 0.0497. The Bertz CT molecular complexity index is 359. The number of carbonyl (C=O) groups is 1. The second-order valence-corrected chi connectivity index (χ2v) is 5.68. The molecule has 2 nitrogen and oxygen atoms in total. The summed E-state index contributed by atoms with van der Waals surface area (Å²) in [6, 6.07) is 9.20. The summed E-state index contributed by atoms with van der Waals surface area (Å²) in [5.41, 5.74) is 0.643. The number of ether oxygens (including phenoxy) is 1. The van der Waals surface area contributed by atoms with Crippen LogP contribution in [0.4, 0.5) is 0 Å². The Balaban J connectivity index is 1.88. The van der Waals surface area contributed by atoms with Gasteiger partial charge in [0.15, 0.2) is 0 Å². The van der Waals surface area contributed by atoms with Crippen LogP contribution in [0.25, 0.3) is 0 Å². The molecule has 21 heavy (non-hydrogen) atoms. The second-order valence-electron chi connectivity index (χ2n) is 5.68. The van der Waals surface area contributed by atoms with Crippen LogP contribution in [0, 0.1) is 0 Å². The van der Waals surface area contributed by atoms with E-state index in [0.29, 0.717) is 12.2 Å². The summed E-state index contributed by atoms with van der Waals surface area (Å²) in [4.78, 5) is 11.7. The number of unbranched alkanes of at least 4 members (excludes halogenated alkanes) is 9. The van der Waals surface area contributed by atoms with E-state index in [1.54, 1.807) is 12.1 Å². The van der Waals surface area contributed by atoms with Gasteiger partial charge in [-0.05, 0) is 18.6 Å². The van der Waals surface area contributed by atoms with Crippen molar-refractivity contribution < 1.29 is 9.53 Å². The molecule has 0 saturated heterocycles. The van der Waals surface area contributed by atoms with Crippen LogP contribution in [-0.4, -0.2) is 12.6 Å². The Kier molecular flexibility index (Phi) is 10.5. The summed E-state index contributed by atoms with van der Waals surface area (Å²) in [5.74, 6) is -0.202. The molecule has 0 bridgehead atoms. The molecular formula is C19H30O2.